The van der Waals surface area contributed by atoms with Gasteiger partial charge in [0.25, 0.3) is 11.8 Å². The fourth-order valence-electron chi connectivity index (χ4n) is 4.21. The lowest BCUT2D eigenvalue weighted by Crippen LogP contribution is -2.28. The number of hydrogen-bond acceptors (Lipinski definition) is 6. The van der Waals surface area contributed by atoms with Crippen molar-refractivity contribution < 1.29 is 19.1 Å². The van der Waals surface area contributed by atoms with Gasteiger partial charge in [0.15, 0.2) is 23.3 Å². The highest BCUT2D eigenvalue weighted by Crippen LogP contribution is 2.38. The van der Waals surface area contributed by atoms with E-state index in [1.807, 2.05) is 98.8 Å². The highest BCUT2D eigenvalue weighted by molar-refractivity contribution is 8.19. The topological polar surface area (TPSA) is 80.2 Å². The highest BCUT2D eigenvalue weighted by Gasteiger charge is 2.34. The van der Waals surface area contributed by atoms with Gasteiger partial charge in [-0.25, -0.2) is 4.99 Å². The number of rotatable bonds is 8. The van der Waals surface area contributed by atoms with Gasteiger partial charge in [0.05, 0.1) is 23.4 Å². The molecule has 0 aromatic heterocycles. The van der Waals surface area contributed by atoms with Crippen molar-refractivity contribution in [3.05, 3.63) is 119 Å². The van der Waals surface area contributed by atoms with Crippen molar-refractivity contribution >= 4 is 51.9 Å². The van der Waals surface area contributed by atoms with Gasteiger partial charge in [-0.2, -0.15) is 0 Å². The van der Waals surface area contributed by atoms with E-state index in [0.717, 1.165) is 33.8 Å². The zero-order valence-electron chi connectivity index (χ0n) is 23.0. The number of aryl methyl sites for hydroxylation is 2. The van der Waals surface area contributed by atoms with Crippen molar-refractivity contribution in [1.29, 1.82) is 0 Å². The summed E-state index contributed by atoms with van der Waals surface area (Å²) in [6, 6.07) is 30.2. The Morgan fingerprint density at radius 1 is 0.927 bits per heavy atom. The first-order chi connectivity index (χ1) is 19.9. The third-order valence-corrected chi connectivity index (χ3v) is 7.28. The number of nitrogens with zero attached hydrogens (tertiary/aromatic N) is 2. The van der Waals surface area contributed by atoms with Gasteiger partial charge in [0, 0.05) is 5.69 Å². The maximum Gasteiger partial charge on any atom is 0.271 e. The molecule has 206 valence electrons. The minimum atomic E-state index is -0.272. The summed E-state index contributed by atoms with van der Waals surface area (Å²) in [5, 5.41) is 3.46. The molecular formula is C33H29N3O4S. The third-order valence-electron chi connectivity index (χ3n) is 6.31. The molecule has 4 aromatic rings. The van der Waals surface area contributed by atoms with E-state index in [2.05, 4.69) is 5.32 Å². The molecule has 1 saturated heterocycles. The van der Waals surface area contributed by atoms with Crippen LogP contribution in [0.4, 0.5) is 17.1 Å². The van der Waals surface area contributed by atoms with Gasteiger partial charge in [0.2, 0.25) is 0 Å². The SMILES string of the molecule is COc1cc(C=C2SC(=Nc3ccccc3)N(c3ccccc3)C2=O)ccc1OCC(=O)Nc1cc(C)ccc1C. The normalized spacial score (nSPS) is 14.9. The number of anilines is 2. The van der Waals surface area contributed by atoms with E-state index in [9.17, 15) is 9.59 Å². The van der Waals surface area contributed by atoms with Gasteiger partial charge >= 0.3 is 0 Å². The van der Waals surface area contributed by atoms with Crippen LogP contribution >= 0.6 is 11.8 Å². The fourth-order valence-corrected chi connectivity index (χ4v) is 5.21. The van der Waals surface area contributed by atoms with Crippen LogP contribution in [0.25, 0.3) is 6.08 Å². The van der Waals surface area contributed by atoms with E-state index < -0.39 is 0 Å². The molecule has 1 fully saturated rings. The van der Waals surface area contributed by atoms with Gasteiger partial charge in [-0.05, 0) is 90.8 Å². The molecule has 8 heteroatoms. The number of para-hydroxylation sites is 2. The number of aliphatic imine (C=N–C) groups is 1. The minimum absolute atomic E-state index is 0.168. The molecule has 0 radical (unpaired) electrons. The molecule has 0 atom stereocenters. The van der Waals surface area contributed by atoms with Crippen molar-refractivity contribution in [2.24, 2.45) is 4.99 Å². The quantitative estimate of drug-likeness (QED) is 0.231. The van der Waals surface area contributed by atoms with E-state index in [-0.39, 0.29) is 18.4 Å². The number of carbonyl (C=O) groups excluding carboxylic acids is 2. The molecule has 7 nitrogen and oxygen atoms in total. The molecule has 1 aliphatic rings. The molecule has 1 heterocycles. The van der Waals surface area contributed by atoms with Crippen molar-refractivity contribution in [1.82, 2.24) is 0 Å². The predicted molar refractivity (Wildman–Crippen MR) is 166 cm³/mol. The van der Waals surface area contributed by atoms with E-state index in [4.69, 9.17) is 14.5 Å². The summed E-state index contributed by atoms with van der Waals surface area (Å²) in [4.78, 5) is 33.0. The van der Waals surface area contributed by atoms with Gasteiger partial charge in [-0.15, -0.1) is 0 Å². The molecule has 0 bridgehead atoms. The smallest absolute Gasteiger partial charge is 0.271 e. The van der Waals surface area contributed by atoms with E-state index >= 15 is 0 Å². The zero-order chi connectivity index (χ0) is 28.8. The first-order valence-electron chi connectivity index (χ1n) is 13.0. The summed E-state index contributed by atoms with van der Waals surface area (Å²) >= 11 is 1.31. The van der Waals surface area contributed by atoms with Crippen molar-refractivity contribution in [3.63, 3.8) is 0 Å². The Kier molecular flexibility index (Phi) is 8.50. The molecule has 41 heavy (non-hydrogen) atoms. The molecule has 0 unspecified atom stereocenters. The van der Waals surface area contributed by atoms with Crippen LogP contribution in [0.1, 0.15) is 16.7 Å². The maximum absolute atomic E-state index is 13.6. The van der Waals surface area contributed by atoms with E-state index in [1.165, 1.54) is 18.9 Å². The number of ether oxygens (including phenoxy) is 2. The number of thioether (sulfide) groups is 1. The average Bonchev–Trinajstić information content (AvgIpc) is 3.28. The van der Waals surface area contributed by atoms with E-state index in [1.54, 1.807) is 23.1 Å². The summed E-state index contributed by atoms with van der Waals surface area (Å²) in [7, 11) is 1.53. The molecule has 1 N–H and O–H groups in total. The van der Waals surface area contributed by atoms with Crippen molar-refractivity contribution in [3.8, 4) is 11.5 Å². The first kappa shape index (κ1) is 27.7. The maximum atomic E-state index is 13.6. The Balaban J connectivity index is 1.35. The molecular weight excluding hydrogens is 534 g/mol. The Hall–Kier alpha value is -4.82. The Morgan fingerprint density at radius 2 is 1.66 bits per heavy atom. The number of methoxy groups -OCH3 is 1. The molecule has 0 aliphatic carbocycles. The average molecular weight is 564 g/mol. The number of carbonyl (C=O) groups is 2. The predicted octanol–water partition coefficient (Wildman–Crippen LogP) is 7.14. The lowest BCUT2D eigenvalue weighted by atomic mass is 10.1. The Morgan fingerprint density at radius 3 is 2.39 bits per heavy atom. The number of benzene rings is 4. The van der Waals surface area contributed by atoms with E-state index in [0.29, 0.717) is 21.6 Å². The van der Waals surface area contributed by atoms with Crippen LogP contribution in [-0.2, 0) is 9.59 Å². The second-order valence-corrected chi connectivity index (χ2v) is 10.4. The lowest BCUT2D eigenvalue weighted by molar-refractivity contribution is -0.118. The fraction of sp³-hybridized carbons (Fsp3) is 0.121. The van der Waals surface area contributed by atoms with Gasteiger partial charge in [-0.3, -0.25) is 14.5 Å². The molecule has 4 aromatic carbocycles. The number of nitrogens with one attached hydrogen (secondary N) is 1. The molecule has 5 rings (SSSR count). The van der Waals surface area contributed by atoms with Crippen LogP contribution in [0, 0.1) is 13.8 Å². The summed E-state index contributed by atoms with van der Waals surface area (Å²) < 4.78 is 11.3. The molecule has 0 saturated carbocycles. The summed E-state index contributed by atoms with van der Waals surface area (Å²) in [6.07, 6.45) is 1.80. The van der Waals surface area contributed by atoms with Gasteiger partial charge < -0.3 is 14.8 Å². The first-order valence-corrected chi connectivity index (χ1v) is 13.8. The minimum Gasteiger partial charge on any atom is -0.493 e. The lowest BCUT2D eigenvalue weighted by Gasteiger charge is -2.15. The van der Waals surface area contributed by atoms with Crippen LogP contribution in [0.5, 0.6) is 11.5 Å². The standard InChI is InChI=1S/C33H29N3O4S/c1-22-14-15-23(2)27(18-22)35-31(37)21-40-28-17-16-24(19-29(28)39-3)20-30-32(38)36(26-12-8-5-9-13-26)33(41-30)34-25-10-6-4-7-11-25/h4-20H,21H2,1-3H3,(H,35,37). The molecule has 2 amide bonds. The number of amides is 2. The second-order valence-electron chi connectivity index (χ2n) is 9.38. The molecule has 0 spiro atoms. The second kappa shape index (κ2) is 12.6. The summed E-state index contributed by atoms with van der Waals surface area (Å²) in [5.74, 6) is 0.435. The number of hydrogen-bond donors (Lipinski definition) is 1. The number of amidine groups is 1. The highest BCUT2D eigenvalue weighted by atomic mass is 32.2. The third kappa shape index (κ3) is 6.67. The summed E-state index contributed by atoms with van der Waals surface area (Å²) in [5.41, 5.74) is 5.03. The van der Waals surface area contributed by atoms with Crippen LogP contribution in [-0.4, -0.2) is 30.7 Å². The Bertz CT molecular complexity index is 1640. The van der Waals surface area contributed by atoms with Crippen LogP contribution < -0.4 is 19.7 Å². The zero-order valence-corrected chi connectivity index (χ0v) is 23.8. The largest absolute Gasteiger partial charge is 0.493 e. The van der Waals surface area contributed by atoms with Crippen LogP contribution in [0.2, 0.25) is 0 Å². The van der Waals surface area contributed by atoms with Gasteiger partial charge in [-0.1, -0.05) is 54.6 Å². The van der Waals surface area contributed by atoms with Gasteiger partial charge in [0.1, 0.15) is 0 Å². The van der Waals surface area contributed by atoms with Crippen molar-refractivity contribution in [2.75, 3.05) is 23.9 Å². The summed E-state index contributed by atoms with van der Waals surface area (Å²) in [6.45, 7) is 3.74. The van der Waals surface area contributed by atoms with Crippen LogP contribution in [0.15, 0.2) is 107 Å². The van der Waals surface area contributed by atoms with Crippen LogP contribution in [0.3, 0.4) is 0 Å². The van der Waals surface area contributed by atoms with Crippen molar-refractivity contribution in [2.45, 2.75) is 13.8 Å². The monoisotopic (exact) mass is 563 g/mol. The Labute approximate surface area is 243 Å². The molecule has 1 aliphatic heterocycles.